The van der Waals surface area contributed by atoms with Gasteiger partial charge in [0.15, 0.2) is 0 Å². The van der Waals surface area contributed by atoms with Crippen molar-refractivity contribution in [2.24, 2.45) is 5.92 Å². The number of carbonyl (C=O) groups excluding carboxylic acids is 1. The Bertz CT molecular complexity index is 1150. The normalized spacial score (nSPS) is 18.7. The van der Waals surface area contributed by atoms with Crippen LogP contribution in [0.4, 0.5) is 23.5 Å². The predicted molar refractivity (Wildman–Crippen MR) is 115 cm³/mol. The molecule has 0 aliphatic carbocycles. The summed E-state index contributed by atoms with van der Waals surface area (Å²) < 4.78 is 52.7. The number of alkyl halides is 3. The maximum atomic E-state index is 14.5. The molecule has 1 aliphatic rings. The second-order valence-electron chi connectivity index (χ2n) is 8.24. The Kier molecular flexibility index (Phi) is 6.49. The number of nitrogens with one attached hydrogen (secondary N) is 1. The predicted octanol–water partition coefficient (Wildman–Crippen LogP) is 3.88. The van der Waals surface area contributed by atoms with Crippen LogP contribution in [0.2, 0.25) is 0 Å². The number of likely N-dealkylation sites (tertiary alicyclic amines) is 1. The SMILES string of the molecule is Cc1c(F)ccc(-n2nccn2)c1C(=O)N1CCC[C@@H](C)C1CNc1ncc(C(F)(F)F)cn1. The molecule has 34 heavy (non-hydrogen) atoms. The summed E-state index contributed by atoms with van der Waals surface area (Å²) in [6, 6.07) is 2.42. The van der Waals surface area contributed by atoms with Gasteiger partial charge in [-0.1, -0.05) is 6.92 Å². The van der Waals surface area contributed by atoms with E-state index in [-0.39, 0.29) is 41.5 Å². The standard InChI is InChI=1S/C22H23F4N7O/c1-13-4-3-9-32(18(13)12-29-21-27-10-15(11-28-21)22(24,25)26)20(34)19-14(2)16(23)5-6-17(19)33-30-7-8-31-33/h5-8,10-11,13,18H,3-4,9,12H2,1-2H3,(H,27,28,29)/t13-,18?/m1/s1. The molecule has 1 N–H and O–H groups in total. The Balaban J connectivity index is 1.59. The molecule has 0 radical (unpaired) electrons. The van der Waals surface area contributed by atoms with Crippen LogP contribution in [0.5, 0.6) is 0 Å². The van der Waals surface area contributed by atoms with E-state index in [9.17, 15) is 22.4 Å². The minimum absolute atomic E-state index is 0.0292. The largest absolute Gasteiger partial charge is 0.419 e. The zero-order valence-electron chi connectivity index (χ0n) is 18.6. The third-order valence-corrected chi connectivity index (χ3v) is 6.05. The van der Waals surface area contributed by atoms with E-state index in [4.69, 9.17) is 0 Å². The van der Waals surface area contributed by atoms with Crippen molar-refractivity contribution >= 4 is 11.9 Å². The Morgan fingerprint density at radius 3 is 2.50 bits per heavy atom. The Labute approximate surface area is 193 Å². The summed E-state index contributed by atoms with van der Waals surface area (Å²) >= 11 is 0. The molecule has 2 aromatic heterocycles. The zero-order chi connectivity index (χ0) is 24.5. The molecule has 1 aliphatic heterocycles. The number of piperidine rings is 1. The molecule has 4 rings (SSSR count). The third-order valence-electron chi connectivity index (χ3n) is 6.05. The molecule has 12 heteroatoms. The number of hydrogen-bond acceptors (Lipinski definition) is 6. The van der Waals surface area contributed by atoms with E-state index in [1.807, 2.05) is 6.92 Å². The minimum Gasteiger partial charge on any atom is -0.352 e. The highest BCUT2D eigenvalue weighted by Gasteiger charge is 2.35. The van der Waals surface area contributed by atoms with Crippen LogP contribution in [0, 0.1) is 18.7 Å². The monoisotopic (exact) mass is 477 g/mol. The van der Waals surface area contributed by atoms with Gasteiger partial charge in [-0.25, -0.2) is 14.4 Å². The second-order valence-corrected chi connectivity index (χ2v) is 8.24. The summed E-state index contributed by atoms with van der Waals surface area (Å²) in [7, 11) is 0. The molecule has 0 spiro atoms. The van der Waals surface area contributed by atoms with Gasteiger partial charge in [-0.15, -0.1) is 0 Å². The number of rotatable bonds is 5. The number of nitrogens with zero attached hydrogens (tertiary/aromatic N) is 6. The Hall–Kier alpha value is -3.57. The summed E-state index contributed by atoms with van der Waals surface area (Å²) in [5.41, 5.74) is -0.218. The molecule has 1 saturated heterocycles. The molecule has 3 heterocycles. The van der Waals surface area contributed by atoms with Crippen molar-refractivity contribution < 1.29 is 22.4 Å². The molecular weight excluding hydrogens is 454 g/mol. The van der Waals surface area contributed by atoms with Crippen LogP contribution in [-0.4, -0.2) is 54.9 Å². The van der Waals surface area contributed by atoms with E-state index in [0.717, 1.165) is 12.8 Å². The van der Waals surface area contributed by atoms with Gasteiger partial charge in [0, 0.05) is 25.5 Å². The van der Waals surface area contributed by atoms with E-state index in [1.54, 1.807) is 4.90 Å². The van der Waals surface area contributed by atoms with Crippen LogP contribution in [0.25, 0.3) is 5.69 Å². The van der Waals surface area contributed by atoms with Crippen LogP contribution in [0.15, 0.2) is 36.9 Å². The highest BCUT2D eigenvalue weighted by molar-refractivity contribution is 5.99. The van der Waals surface area contributed by atoms with E-state index in [0.29, 0.717) is 24.6 Å². The van der Waals surface area contributed by atoms with Gasteiger partial charge in [0.2, 0.25) is 5.95 Å². The van der Waals surface area contributed by atoms with Crippen molar-refractivity contribution in [2.45, 2.75) is 38.9 Å². The van der Waals surface area contributed by atoms with Crippen molar-refractivity contribution in [1.29, 1.82) is 0 Å². The van der Waals surface area contributed by atoms with Crippen molar-refractivity contribution in [3.8, 4) is 5.69 Å². The molecule has 8 nitrogen and oxygen atoms in total. The van der Waals surface area contributed by atoms with Crippen LogP contribution < -0.4 is 5.32 Å². The first-order valence-corrected chi connectivity index (χ1v) is 10.8. The summed E-state index contributed by atoms with van der Waals surface area (Å²) in [5, 5.41) is 11.1. The molecular formula is C22H23F4N7O. The molecule has 1 unspecified atom stereocenters. The number of aromatic nitrogens is 5. The lowest BCUT2D eigenvalue weighted by atomic mass is 9.89. The number of anilines is 1. The summed E-state index contributed by atoms with van der Waals surface area (Å²) in [5.74, 6) is -0.769. The number of carbonyl (C=O) groups is 1. The topological polar surface area (TPSA) is 88.8 Å². The van der Waals surface area contributed by atoms with E-state index >= 15 is 0 Å². The highest BCUT2D eigenvalue weighted by Crippen LogP contribution is 2.30. The van der Waals surface area contributed by atoms with Crippen molar-refractivity contribution in [3.05, 3.63) is 59.4 Å². The van der Waals surface area contributed by atoms with E-state index < -0.39 is 17.6 Å². The molecule has 1 amide bonds. The number of benzene rings is 1. The number of hydrogen-bond donors (Lipinski definition) is 1. The van der Waals surface area contributed by atoms with Crippen LogP contribution >= 0.6 is 0 Å². The van der Waals surface area contributed by atoms with Gasteiger partial charge in [-0.05, 0) is 43.4 Å². The quantitative estimate of drug-likeness (QED) is 0.562. The molecule has 0 bridgehead atoms. The maximum Gasteiger partial charge on any atom is 0.419 e. The molecule has 180 valence electrons. The Morgan fingerprint density at radius 1 is 1.18 bits per heavy atom. The van der Waals surface area contributed by atoms with Gasteiger partial charge in [0.25, 0.3) is 5.91 Å². The van der Waals surface area contributed by atoms with Gasteiger partial charge >= 0.3 is 6.18 Å². The zero-order valence-corrected chi connectivity index (χ0v) is 18.6. The van der Waals surface area contributed by atoms with Crippen molar-refractivity contribution in [3.63, 3.8) is 0 Å². The van der Waals surface area contributed by atoms with Crippen molar-refractivity contribution in [2.75, 3.05) is 18.4 Å². The number of amides is 1. The molecule has 2 atom stereocenters. The first-order valence-electron chi connectivity index (χ1n) is 10.8. The van der Waals surface area contributed by atoms with Crippen LogP contribution in [0.3, 0.4) is 0 Å². The second kappa shape index (κ2) is 9.35. The fourth-order valence-electron chi connectivity index (χ4n) is 4.17. The molecule has 1 fully saturated rings. The van der Waals surface area contributed by atoms with Crippen LogP contribution in [0.1, 0.15) is 41.3 Å². The molecule has 3 aromatic rings. The van der Waals surface area contributed by atoms with Gasteiger partial charge < -0.3 is 10.2 Å². The average Bonchev–Trinajstić information content (AvgIpc) is 3.34. The van der Waals surface area contributed by atoms with Gasteiger partial charge in [-0.2, -0.15) is 28.2 Å². The lowest BCUT2D eigenvalue weighted by molar-refractivity contribution is -0.138. The minimum atomic E-state index is -4.52. The highest BCUT2D eigenvalue weighted by atomic mass is 19.4. The first-order chi connectivity index (χ1) is 16.2. The summed E-state index contributed by atoms with van der Waals surface area (Å²) in [6.45, 7) is 4.20. The fourth-order valence-corrected chi connectivity index (χ4v) is 4.17. The first kappa shape index (κ1) is 23.6. The fraction of sp³-hybridized carbons (Fsp3) is 0.409. The molecule has 1 aromatic carbocycles. The average molecular weight is 477 g/mol. The maximum absolute atomic E-state index is 14.5. The summed E-state index contributed by atoms with van der Waals surface area (Å²) in [4.78, 5) is 24.1. The van der Waals surface area contributed by atoms with Gasteiger partial charge in [0.1, 0.15) is 5.82 Å². The van der Waals surface area contributed by atoms with E-state index in [1.165, 1.54) is 36.2 Å². The summed E-state index contributed by atoms with van der Waals surface area (Å²) in [6.07, 6.45) is 1.45. The van der Waals surface area contributed by atoms with Gasteiger partial charge in [-0.3, -0.25) is 4.79 Å². The number of halogens is 4. The van der Waals surface area contributed by atoms with Crippen molar-refractivity contribution in [1.82, 2.24) is 29.9 Å². The molecule has 0 saturated carbocycles. The third kappa shape index (κ3) is 4.70. The Morgan fingerprint density at radius 2 is 1.85 bits per heavy atom. The lowest BCUT2D eigenvalue weighted by Crippen LogP contribution is -2.51. The smallest absolute Gasteiger partial charge is 0.352 e. The van der Waals surface area contributed by atoms with Crippen LogP contribution in [-0.2, 0) is 6.18 Å². The van der Waals surface area contributed by atoms with Gasteiger partial charge in [0.05, 0.1) is 35.2 Å². The van der Waals surface area contributed by atoms with E-state index in [2.05, 4.69) is 25.5 Å². The lowest BCUT2D eigenvalue weighted by Gasteiger charge is -2.40.